The first-order valence-corrected chi connectivity index (χ1v) is 8.02. The lowest BCUT2D eigenvalue weighted by atomic mass is 9.97. The first-order chi connectivity index (χ1) is 12.5. The van der Waals surface area contributed by atoms with Crippen LogP contribution in [0.2, 0.25) is 0 Å². The van der Waals surface area contributed by atoms with Crippen molar-refractivity contribution >= 4 is 11.8 Å². The first-order valence-electron chi connectivity index (χ1n) is 8.02. The van der Waals surface area contributed by atoms with Crippen LogP contribution in [0.15, 0.2) is 42.9 Å². The first kappa shape index (κ1) is 17.3. The van der Waals surface area contributed by atoms with Gasteiger partial charge in [-0.25, -0.2) is 19.7 Å². The van der Waals surface area contributed by atoms with Gasteiger partial charge in [0.05, 0.1) is 18.5 Å². The van der Waals surface area contributed by atoms with Gasteiger partial charge in [-0.2, -0.15) is 0 Å². The molecule has 0 aliphatic carbocycles. The number of hydrogen-bond acceptors (Lipinski definition) is 6. The number of carboxylic acid groups (broad SMARTS) is 1. The second-order valence-corrected chi connectivity index (χ2v) is 5.59. The number of methoxy groups -OCH3 is 1. The molecule has 2 heterocycles. The van der Waals surface area contributed by atoms with Gasteiger partial charge in [0.1, 0.15) is 23.5 Å². The lowest BCUT2D eigenvalue weighted by Crippen LogP contribution is -2.02. The third-order valence-corrected chi connectivity index (χ3v) is 4.04. The molecule has 0 aliphatic heterocycles. The van der Waals surface area contributed by atoms with Crippen molar-refractivity contribution in [3.63, 3.8) is 0 Å². The topological polar surface area (TPSA) is 111 Å². The van der Waals surface area contributed by atoms with Gasteiger partial charge in [-0.05, 0) is 30.7 Å². The van der Waals surface area contributed by atoms with Gasteiger partial charge in [-0.1, -0.05) is 13.0 Å². The van der Waals surface area contributed by atoms with Crippen LogP contribution in [0.1, 0.15) is 23.0 Å². The fourth-order valence-corrected chi connectivity index (χ4v) is 2.78. The van der Waals surface area contributed by atoms with Gasteiger partial charge < -0.3 is 15.6 Å². The second-order valence-electron chi connectivity index (χ2n) is 5.59. The Morgan fingerprint density at radius 1 is 1.15 bits per heavy atom. The van der Waals surface area contributed by atoms with E-state index in [1.807, 2.05) is 13.0 Å². The summed E-state index contributed by atoms with van der Waals surface area (Å²) >= 11 is 0. The maximum atomic E-state index is 11.3. The minimum atomic E-state index is -1.05. The van der Waals surface area contributed by atoms with Crippen molar-refractivity contribution in [2.45, 2.75) is 13.3 Å². The molecule has 3 rings (SSSR count). The second kappa shape index (κ2) is 7.18. The molecule has 0 spiro atoms. The van der Waals surface area contributed by atoms with E-state index in [9.17, 15) is 9.90 Å². The molecular weight excluding hydrogens is 332 g/mol. The molecule has 7 heteroatoms. The summed E-state index contributed by atoms with van der Waals surface area (Å²) in [7, 11) is 1.44. The van der Waals surface area contributed by atoms with Gasteiger partial charge in [0, 0.05) is 22.9 Å². The van der Waals surface area contributed by atoms with Crippen LogP contribution in [-0.2, 0) is 6.42 Å². The van der Waals surface area contributed by atoms with Crippen LogP contribution in [-0.4, -0.2) is 33.1 Å². The summed E-state index contributed by atoms with van der Waals surface area (Å²) in [4.78, 5) is 24.3. The molecule has 0 saturated heterocycles. The van der Waals surface area contributed by atoms with Crippen LogP contribution in [0.4, 0.5) is 5.82 Å². The molecule has 26 heavy (non-hydrogen) atoms. The van der Waals surface area contributed by atoms with Gasteiger partial charge in [0.25, 0.3) is 0 Å². The maximum Gasteiger partial charge on any atom is 0.339 e. The molecule has 0 bridgehead atoms. The monoisotopic (exact) mass is 350 g/mol. The molecule has 3 aromatic rings. The van der Waals surface area contributed by atoms with Crippen LogP contribution in [0, 0.1) is 0 Å². The number of ether oxygens (including phenoxy) is 1. The number of aryl methyl sites for hydroxylation is 1. The highest BCUT2D eigenvalue weighted by molar-refractivity contribution is 5.92. The summed E-state index contributed by atoms with van der Waals surface area (Å²) in [6.07, 6.45) is 3.89. The summed E-state index contributed by atoms with van der Waals surface area (Å²) in [6.45, 7) is 2.01. The number of carboxylic acids is 1. The van der Waals surface area contributed by atoms with Crippen molar-refractivity contribution in [1.82, 2.24) is 15.0 Å². The number of aromatic nitrogens is 3. The predicted octanol–water partition coefficient (Wildman–Crippen LogP) is 3.06. The van der Waals surface area contributed by atoms with E-state index in [1.54, 1.807) is 24.4 Å². The van der Waals surface area contributed by atoms with Crippen molar-refractivity contribution in [2.24, 2.45) is 0 Å². The van der Waals surface area contributed by atoms with Crippen molar-refractivity contribution < 1.29 is 14.6 Å². The largest absolute Gasteiger partial charge is 0.496 e. The number of nitrogen functional groups attached to an aromatic ring is 1. The summed E-state index contributed by atoms with van der Waals surface area (Å²) in [5.74, 6) is -0.348. The number of benzene rings is 1. The van der Waals surface area contributed by atoms with E-state index < -0.39 is 5.97 Å². The summed E-state index contributed by atoms with van der Waals surface area (Å²) < 4.78 is 5.23. The van der Waals surface area contributed by atoms with Gasteiger partial charge in [-0.3, -0.25) is 0 Å². The summed E-state index contributed by atoms with van der Waals surface area (Å²) in [5.41, 5.74) is 9.74. The summed E-state index contributed by atoms with van der Waals surface area (Å²) in [6, 6.07) is 8.48. The number of hydrogen-bond donors (Lipinski definition) is 2. The van der Waals surface area contributed by atoms with Gasteiger partial charge in [0.15, 0.2) is 0 Å². The molecule has 0 atom stereocenters. The van der Waals surface area contributed by atoms with E-state index in [-0.39, 0.29) is 11.3 Å². The number of carbonyl (C=O) groups is 1. The molecule has 0 unspecified atom stereocenters. The molecule has 0 radical (unpaired) electrons. The lowest BCUT2D eigenvalue weighted by Gasteiger charge is -2.14. The Morgan fingerprint density at radius 2 is 1.92 bits per heavy atom. The molecule has 132 valence electrons. The lowest BCUT2D eigenvalue weighted by molar-refractivity contribution is 0.0693. The smallest absolute Gasteiger partial charge is 0.339 e. The predicted molar refractivity (Wildman–Crippen MR) is 98.0 cm³/mol. The Labute approximate surface area is 150 Å². The zero-order valence-corrected chi connectivity index (χ0v) is 14.4. The van der Waals surface area contributed by atoms with Gasteiger partial charge in [0.2, 0.25) is 0 Å². The molecule has 1 aromatic carbocycles. The van der Waals surface area contributed by atoms with E-state index in [2.05, 4.69) is 15.0 Å². The normalized spacial score (nSPS) is 10.5. The molecule has 3 N–H and O–H groups in total. The molecule has 2 aromatic heterocycles. The molecular formula is C19H18N4O3. The van der Waals surface area contributed by atoms with Crippen LogP contribution in [0.5, 0.6) is 5.75 Å². The third kappa shape index (κ3) is 3.19. The third-order valence-electron chi connectivity index (χ3n) is 4.04. The minimum absolute atomic E-state index is 0.0942. The fourth-order valence-electron chi connectivity index (χ4n) is 2.78. The zero-order chi connectivity index (χ0) is 18.7. The van der Waals surface area contributed by atoms with E-state index in [0.29, 0.717) is 17.9 Å². The number of rotatable bonds is 5. The van der Waals surface area contributed by atoms with Crippen molar-refractivity contribution in [2.75, 3.05) is 12.8 Å². The average molecular weight is 350 g/mol. The van der Waals surface area contributed by atoms with Crippen molar-refractivity contribution in [3.8, 4) is 28.1 Å². The quantitative estimate of drug-likeness (QED) is 0.727. The van der Waals surface area contributed by atoms with Crippen LogP contribution in [0.25, 0.3) is 22.4 Å². The van der Waals surface area contributed by atoms with E-state index in [0.717, 1.165) is 22.4 Å². The van der Waals surface area contributed by atoms with Crippen LogP contribution < -0.4 is 10.5 Å². The Kier molecular flexibility index (Phi) is 4.79. The highest BCUT2D eigenvalue weighted by Gasteiger charge is 2.18. The number of nitrogens with zero attached hydrogens (tertiary/aromatic N) is 3. The zero-order valence-electron chi connectivity index (χ0n) is 14.4. The van der Waals surface area contributed by atoms with E-state index >= 15 is 0 Å². The van der Waals surface area contributed by atoms with E-state index in [4.69, 9.17) is 10.5 Å². The average Bonchev–Trinajstić information content (AvgIpc) is 2.67. The van der Waals surface area contributed by atoms with Gasteiger partial charge in [-0.15, -0.1) is 0 Å². The van der Waals surface area contributed by atoms with E-state index in [1.165, 1.54) is 19.5 Å². The molecule has 0 fully saturated rings. The van der Waals surface area contributed by atoms with Crippen molar-refractivity contribution in [3.05, 3.63) is 54.1 Å². The minimum Gasteiger partial charge on any atom is -0.496 e. The Balaban J connectivity index is 2.23. The van der Waals surface area contributed by atoms with Crippen LogP contribution >= 0.6 is 0 Å². The summed E-state index contributed by atoms with van der Waals surface area (Å²) in [5, 5.41) is 9.27. The Morgan fingerprint density at radius 3 is 2.54 bits per heavy atom. The number of anilines is 1. The number of pyridine rings is 1. The Hall–Kier alpha value is -3.48. The fraction of sp³-hybridized carbons (Fsp3) is 0.158. The highest BCUT2D eigenvalue weighted by atomic mass is 16.5. The highest BCUT2D eigenvalue weighted by Crippen LogP contribution is 2.35. The standard InChI is InChI=1S/C19H18N4O3/c1-3-14-17(12-5-7-16(20)21-9-12)18(23-10-22-14)11-4-6-13(19(24)25)15(8-11)26-2/h4-10H,3H2,1-2H3,(H2,20,21)(H,24,25). The number of nitrogens with two attached hydrogens (primary N) is 1. The van der Waals surface area contributed by atoms with Crippen LogP contribution in [0.3, 0.4) is 0 Å². The molecule has 0 aliphatic rings. The van der Waals surface area contributed by atoms with Gasteiger partial charge >= 0.3 is 5.97 Å². The SMILES string of the molecule is CCc1ncnc(-c2ccc(C(=O)O)c(OC)c2)c1-c1ccc(N)nc1. The number of aromatic carboxylic acids is 1. The van der Waals surface area contributed by atoms with Crippen molar-refractivity contribution in [1.29, 1.82) is 0 Å². The maximum absolute atomic E-state index is 11.3. The molecule has 0 amide bonds. The molecule has 7 nitrogen and oxygen atoms in total. The molecule has 0 saturated carbocycles. The Bertz CT molecular complexity index is 955.